The summed E-state index contributed by atoms with van der Waals surface area (Å²) < 4.78 is 41.1. The van der Waals surface area contributed by atoms with E-state index in [-0.39, 0.29) is 29.4 Å². The molecule has 1 aliphatic heterocycles. The first-order valence-corrected chi connectivity index (χ1v) is 8.32. The molecule has 0 bridgehead atoms. The molecule has 7 heteroatoms. The van der Waals surface area contributed by atoms with Gasteiger partial charge < -0.3 is 5.32 Å². The van der Waals surface area contributed by atoms with Gasteiger partial charge in [-0.1, -0.05) is 0 Å². The highest BCUT2D eigenvalue weighted by molar-refractivity contribution is 7.89. The minimum Gasteiger partial charge on any atom is -0.313 e. The fourth-order valence-corrected chi connectivity index (χ4v) is 4.59. The molecule has 2 rings (SSSR count). The Hall–Kier alpha value is -0.690. The van der Waals surface area contributed by atoms with Gasteiger partial charge in [0.05, 0.1) is 4.90 Å². The number of sulfonamides is 1. The number of hydrogen-bond acceptors (Lipinski definition) is 3. The number of aryl methyl sites for hydroxylation is 2. The minimum absolute atomic E-state index is 0. The van der Waals surface area contributed by atoms with E-state index >= 15 is 0 Å². The van der Waals surface area contributed by atoms with Crippen molar-refractivity contribution < 1.29 is 12.8 Å². The smallest absolute Gasteiger partial charge is 0.241 e. The van der Waals surface area contributed by atoms with Gasteiger partial charge in [-0.2, -0.15) is 0 Å². The van der Waals surface area contributed by atoms with Crippen molar-refractivity contribution in [2.75, 3.05) is 6.54 Å². The van der Waals surface area contributed by atoms with E-state index in [9.17, 15) is 12.8 Å². The summed E-state index contributed by atoms with van der Waals surface area (Å²) in [5.41, 5.74) is 0.873. The van der Waals surface area contributed by atoms with Gasteiger partial charge in [0.25, 0.3) is 0 Å². The minimum atomic E-state index is -3.63. The van der Waals surface area contributed by atoms with Crippen LogP contribution < -0.4 is 10.0 Å². The third-order valence-corrected chi connectivity index (χ3v) is 5.56. The van der Waals surface area contributed by atoms with Gasteiger partial charge >= 0.3 is 0 Å². The molecule has 2 atom stereocenters. The third-order valence-electron chi connectivity index (χ3n) is 3.76. The molecule has 1 fully saturated rings. The van der Waals surface area contributed by atoms with Crippen LogP contribution in [0.15, 0.2) is 17.0 Å². The molecule has 1 aromatic rings. The molecule has 1 heterocycles. The number of benzene rings is 1. The first-order valence-electron chi connectivity index (χ1n) is 6.84. The van der Waals surface area contributed by atoms with E-state index in [2.05, 4.69) is 10.0 Å². The molecule has 1 aliphatic rings. The summed E-state index contributed by atoms with van der Waals surface area (Å²) in [6, 6.07) is 2.48. The molecular formula is C14H22ClFN2O2S. The normalized spacial score (nSPS) is 22.7. The summed E-state index contributed by atoms with van der Waals surface area (Å²) in [5, 5.41) is 3.26. The van der Waals surface area contributed by atoms with Gasteiger partial charge in [0.15, 0.2) is 0 Å². The molecule has 2 N–H and O–H groups in total. The SMILES string of the molecule is Cc1cc(F)cc(C)c1S(=O)(=O)NC1CCCNC1C.Cl. The fourth-order valence-electron chi connectivity index (χ4n) is 2.78. The van der Waals surface area contributed by atoms with Crippen LogP contribution in [-0.4, -0.2) is 27.0 Å². The van der Waals surface area contributed by atoms with Crippen LogP contribution in [-0.2, 0) is 10.0 Å². The molecule has 120 valence electrons. The van der Waals surface area contributed by atoms with Crippen molar-refractivity contribution >= 4 is 22.4 Å². The summed E-state index contributed by atoms with van der Waals surface area (Å²) in [6.07, 6.45) is 1.76. The second-order valence-electron chi connectivity index (χ2n) is 5.48. The van der Waals surface area contributed by atoms with E-state index in [1.807, 2.05) is 6.92 Å². The lowest BCUT2D eigenvalue weighted by molar-refractivity contribution is 0.348. The number of hydrogen-bond donors (Lipinski definition) is 2. The molecule has 21 heavy (non-hydrogen) atoms. The van der Waals surface area contributed by atoms with Gasteiger partial charge in [-0.3, -0.25) is 0 Å². The molecule has 0 spiro atoms. The predicted molar refractivity (Wildman–Crippen MR) is 83.9 cm³/mol. The van der Waals surface area contributed by atoms with Crippen LogP contribution in [0.4, 0.5) is 4.39 Å². The fraction of sp³-hybridized carbons (Fsp3) is 0.571. The lowest BCUT2D eigenvalue weighted by atomic mass is 10.0. The molecular weight excluding hydrogens is 315 g/mol. The van der Waals surface area contributed by atoms with Gasteiger partial charge in [-0.15, -0.1) is 12.4 Å². The summed E-state index contributed by atoms with van der Waals surface area (Å²) in [4.78, 5) is 0.191. The maximum absolute atomic E-state index is 13.3. The second-order valence-corrected chi connectivity index (χ2v) is 7.13. The van der Waals surface area contributed by atoms with E-state index in [1.165, 1.54) is 12.1 Å². The molecule has 0 aliphatic carbocycles. The van der Waals surface area contributed by atoms with Crippen molar-refractivity contribution in [3.05, 3.63) is 29.1 Å². The predicted octanol–water partition coefficient (Wildman–Crippen LogP) is 2.28. The Morgan fingerprint density at radius 2 is 1.86 bits per heavy atom. The average Bonchev–Trinajstić information content (AvgIpc) is 2.30. The standard InChI is InChI=1S/C14H21FN2O2S.ClH/c1-9-7-12(15)8-10(2)14(9)20(18,19)17-13-5-4-6-16-11(13)3;/h7-8,11,13,16-17H,4-6H2,1-3H3;1H. The highest BCUT2D eigenvalue weighted by Crippen LogP contribution is 2.22. The van der Waals surface area contributed by atoms with Crippen LogP contribution in [0.3, 0.4) is 0 Å². The molecule has 4 nitrogen and oxygen atoms in total. The summed E-state index contributed by atoms with van der Waals surface area (Å²) >= 11 is 0. The van der Waals surface area contributed by atoms with Crippen LogP contribution in [0.25, 0.3) is 0 Å². The maximum Gasteiger partial charge on any atom is 0.241 e. The number of rotatable bonds is 3. The Balaban J connectivity index is 0.00000220. The molecule has 2 unspecified atom stereocenters. The topological polar surface area (TPSA) is 58.2 Å². The number of piperidine rings is 1. The van der Waals surface area contributed by atoms with Crippen LogP contribution in [0.5, 0.6) is 0 Å². The molecule has 1 saturated heterocycles. The highest BCUT2D eigenvalue weighted by atomic mass is 35.5. The molecule has 0 saturated carbocycles. The summed E-state index contributed by atoms with van der Waals surface area (Å²) in [7, 11) is -3.63. The van der Waals surface area contributed by atoms with Crippen LogP contribution >= 0.6 is 12.4 Å². The Morgan fingerprint density at radius 1 is 1.29 bits per heavy atom. The largest absolute Gasteiger partial charge is 0.313 e. The Labute approximate surface area is 132 Å². The maximum atomic E-state index is 13.3. The number of nitrogens with one attached hydrogen (secondary N) is 2. The van der Waals surface area contributed by atoms with Crippen molar-refractivity contribution in [3.63, 3.8) is 0 Å². The Bertz CT molecular complexity index is 584. The monoisotopic (exact) mass is 336 g/mol. The van der Waals surface area contributed by atoms with Crippen molar-refractivity contribution in [1.82, 2.24) is 10.0 Å². The Morgan fingerprint density at radius 3 is 2.38 bits per heavy atom. The van der Waals surface area contributed by atoms with E-state index < -0.39 is 15.8 Å². The summed E-state index contributed by atoms with van der Waals surface area (Å²) in [5.74, 6) is -0.411. The van der Waals surface area contributed by atoms with Gasteiger partial charge in [0.2, 0.25) is 10.0 Å². The van der Waals surface area contributed by atoms with Gasteiger partial charge in [-0.25, -0.2) is 17.5 Å². The Kier molecular flexibility index (Phi) is 6.16. The zero-order valence-corrected chi connectivity index (χ0v) is 14.1. The zero-order valence-electron chi connectivity index (χ0n) is 12.4. The quantitative estimate of drug-likeness (QED) is 0.890. The molecule has 0 aromatic heterocycles. The van der Waals surface area contributed by atoms with E-state index in [0.29, 0.717) is 11.1 Å². The third kappa shape index (κ3) is 4.16. The average molecular weight is 337 g/mol. The molecule has 0 amide bonds. The van der Waals surface area contributed by atoms with Gasteiger partial charge in [-0.05, 0) is 63.4 Å². The highest BCUT2D eigenvalue weighted by Gasteiger charge is 2.28. The molecule has 0 radical (unpaired) electrons. The molecule has 1 aromatic carbocycles. The van der Waals surface area contributed by atoms with Crippen molar-refractivity contribution in [1.29, 1.82) is 0 Å². The van der Waals surface area contributed by atoms with Gasteiger partial charge in [0.1, 0.15) is 5.82 Å². The van der Waals surface area contributed by atoms with Crippen LogP contribution in [0.1, 0.15) is 30.9 Å². The first-order chi connectivity index (χ1) is 9.31. The van der Waals surface area contributed by atoms with Crippen LogP contribution in [0.2, 0.25) is 0 Å². The van der Waals surface area contributed by atoms with Crippen molar-refractivity contribution in [2.45, 2.75) is 50.6 Å². The van der Waals surface area contributed by atoms with Crippen LogP contribution in [0, 0.1) is 19.7 Å². The zero-order chi connectivity index (χ0) is 14.9. The van der Waals surface area contributed by atoms with E-state index in [0.717, 1.165) is 19.4 Å². The summed E-state index contributed by atoms with van der Waals surface area (Å²) in [6.45, 7) is 6.12. The lowest BCUT2D eigenvalue weighted by Crippen LogP contribution is -2.51. The number of halogens is 2. The first kappa shape index (κ1) is 18.4. The van der Waals surface area contributed by atoms with E-state index in [4.69, 9.17) is 0 Å². The van der Waals surface area contributed by atoms with E-state index in [1.54, 1.807) is 13.8 Å². The van der Waals surface area contributed by atoms with Gasteiger partial charge in [0, 0.05) is 12.1 Å². The van der Waals surface area contributed by atoms with Crippen molar-refractivity contribution in [2.24, 2.45) is 0 Å². The lowest BCUT2D eigenvalue weighted by Gasteiger charge is -2.30. The second kappa shape index (κ2) is 7.05. The van der Waals surface area contributed by atoms with Crippen molar-refractivity contribution in [3.8, 4) is 0 Å².